The molecule has 0 aromatic heterocycles. The first-order valence-electron chi connectivity index (χ1n) is 7.27. The number of hydrogen-bond acceptors (Lipinski definition) is 6. The number of hydrogen-bond donors (Lipinski definition) is 3. The summed E-state index contributed by atoms with van der Waals surface area (Å²) in [5.41, 5.74) is 0.103. The van der Waals surface area contributed by atoms with Crippen LogP contribution >= 0.6 is 0 Å². The van der Waals surface area contributed by atoms with E-state index in [4.69, 9.17) is 15.1 Å². The third-order valence-corrected chi connectivity index (χ3v) is 3.87. The van der Waals surface area contributed by atoms with Gasteiger partial charge in [-0.15, -0.1) is 0 Å². The maximum Gasteiger partial charge on any atom is 0.414 e. The van der Waals surface area contributed by atoms with Crippen molar-refractivity contribution in [1.29, 1.82) is 0 Å². The Hall–Kier alpha value is -3.11. The minimum atomic E-state index is -1.27. The van der Waals surface area contributed by atoms with Gasteiger partial charge in [0.25, 0.3) is 0 Å². The molecule has 25 heavy (non-hydrogen) atoms. The Morgan fingerprint density at radius 3 is 2.56 bits per heavy atom. The third kappa shape index (κ3) is 3.25. The number of cyclic esters (lactones) is 1. The van der Waals surface area contributed by atoms with Crippen molar-refractivity contribution in [2.24, 2.45) is 5.16 Å². The van der Waals surface area contributed by atoms with Crippen LogP contribution in [0.3, 0.4) is 0 Å². The van der Waals surface area contributed by atoms with Crippen LogP contribution in [-0.4, -0.2) is 60.5 Å². The van der Waals surface area contributed by atoms with Gasteiger partial charge in [0.1, 0.15) is 11.8 Å². The monoisotopic (exact) mass is 356 g/mol. The van der Waals surface area contributed by atoms with Gasteiger partial charge < -0.3 is 25.3 Å². The Morgan fingerprint density at radius 2 is 2.00 bits per heavy atom. The summed E-state index contributed by atoms with van der Waals surface area (Å²) < 4.78 is 33.5. The summed E-state index contributed by atoms with van der Waals surface area (Å²) in [6.45, 7) is 0.0524. The Morgan fingerprint density at radius 1 is 1.36 bits per heavy atom. The van der Waals surface area contributed by atoms with E-state index in [0.29, 0.717) is 5.71 Å². The molecule has 2 aliphatic rings. The SMILES string of the molecule is O=C(O)NC[C@H]1CN(c2cc(F)c(N3CC(=NO)C3)c(F)c2)C(=O)O1. The van der Waals surface area contributed by atoms with Gasteiger partial charge in [0.05, 0.1) is 37.6 Å². The minimum absolute atomic E-state index is 0.0295. The molecule has 2 fully saturated rings. The van der Waals surface area contributed by atoms with Crippen LogP contribution in [0.2, 0.25) is 0 Å². The number of rotatable bonds is 4. The van der Waals surface area contributed by atoms with Crippen molar-refractivity contribution in [2.45, 2.75) is 6.10 Å². The summed E-state index contributed by atoms with van der Waals surface area (Å²) in [4.78, 5) is 24.7. The van der Waals surface area contributed by atoms with Gasteiger partial charge in [-0.25, -0.2) is 18.4 Å². The van der Waals surface area contributed by atoms with Gasteiger partial charge in [0, 0.05) is 12.1 Å². The zero-order chi connectivity index (χ0) is 18.1. The Kier molecular flexibility index (Phi) is 4.30. The predicted octanol–water partition coefficient (Wildman–Crippen LogP) is 1.21. The lowest BCUT2D eigenvalue weighted by molar-refractivity contribution is 0.136. The molecule has 3 rings (SSSR count). The highest BCUT2D eigenvalue weighted by Crippen LogP contribution is 2.32. The number of nitrogens with one attached hydrogen (secondary N) is 1. The van der Waals surface area contributed by atoms with Crippen LogP contribution in [0.5, 0.6) is 0 Å². The Balaban J connectivity index is 1.75. The zero-order valence-corrected chi connectivity index (χ0v) is 12.8. The molecule has 11 heteroatoms. The molecular weight excluding hydrogens is 342 g/mol. The maximum atomic E-state index is 14.3. The third-order valence-electron chi connectivity index (χ3n) is 3.87. The number of anilines is 2. The highest BCUT2D eigenvalue weighted by atomic mass is 19.1. The number of carbonyl (C=O) groups excluding carboxylic acids is 1. The predicted molar refractivity (Wildman–Crippen MR) is 81.4 cm³/mol. The molecule has 0 saturated carbocycles. The molecule has 134 valence electrons. The fourth-order valence-corrected chi connectivity index (χ4v) is 2.67. The summed E-state index contributed by atoms with van der Waals surface area (Å²) in [5, 5.41) is 22.2. The van der Waals surface area contributed by atoms with Crippen LogP contribution in [0, 0.1) is 11.6 Å². The van der Waals surface area contributed by atoms with Crippen molar-refractivity contribution in [2.75, 3.05) is 36.0 Å². The first kappa shape index (κ1) is 16.7. The van der Waals surface area contributed by atoms with Crippen LogP contribution in [-0.2, 0) is 4.74 Å². The number of carboxylic acid groups (broad SMARTS) is 1. The molecule has 0 bridgehead atoms. The topological polar surface area (TPSA) is 115 Å². The summed E-state index contributed by atoms with van der Waals surface area (Å²) in [7, 11) is 0. The van der Waals surface area contributed by atoms with Crippen molar-refractivity contribution >= 4 is 29.3 Å². The second-order valence-corrected chi connectivity index (χ2v) is 5.58. The molecule has 2 saturated heterocycles. The second kappa shape index (κ2) is 6.42. The van der Waals surface area contributed by atoms with Gasteiger partial charge >= 0.3 is 12.2 Å². The van der Waals surface area contributed by atoms with Crippen molar-refractivity contribution in [1.82, 2.24) is 5.32 Å². The van der Waals surface area contributed by atoms with Gasteiger partial charge in [-0.2, -0.15) is 0 Å². The zero-order valence-electron chi connectivity index (χ0n) is 12.8. The molecule has 1 aromatic rings. The number of oxime groups is 1. The van der Waals surface area contributed by atoms with Crippen LogP contribution in [0.25, 0.3) is 0 Å². The molecule has 0 radical (unpaired) electrons. The van der Waals surface area contributed by atoms with Crippen LogP contribution < -0.4 is 15.1 Å². The van der Waals surface area contributed by atoms with Gasteiger partial charge in [-0.05, 0) is 0 Å². The normalized spacial score (nSPS) is 19.5. The molecule has 1 aromatic carbocycles. The standard InChI is InChI=1S/C14H14F2N4O5/c15-10-1-8(2-11(16)12(10)19-4-7(5-19)18-24)20-6-9(25-14(20)23)3-17-13(21)22/h1-2,9,17,24H,3-6H2,(H,21,22)/t9-/m0/s1. The van der Waals surface area contributed by atoms with Gasteiger partial charge in [-0.3, -0.25) is 4.90 Å². The van der Waals surface area contributed by atoms with E-state index in [1.165, 1.54) is 4.90 Å². The molecule has 0 spiro atoms. The van der Waals surface area contributed by atoms with E-state index in [1.807, 2.05) is 0 Å². The molecule has 2 amide bonds. The molecule has 9 nitrogen and oxygen atoms in total. The fraction of sp³-hybridized carbons (Fsp3) is 0.357. The number of carbonyl (C=O) groups is 2. The van der Waals surface area contributed by atoms with Gasteiger partial charge in [-0.1, -0.05) is 5.16 Å². The highest BCUT2D eigenvalue weighted by molar-refractivity contribution is 5.99. The molecule has 2 heterocycles. The molecule has 0 aliphatic carbocycles. The van der Waals surface area contributed by atoms with Gasteiger partial charge in [0.2, 0.25) is 0 Å². The molecular formula is C14H14F2N4O5. The number of ether oxygens (including phenoxy) is 1. The maximum absolute atomic E-state index is 14.3. The molecule has 1 atom stereocenters. The quantitative estimate of drug-likeness (QED) is 0.552. The molecule has 2 aliphatic heterocycles. The van der Waals surface area contributed by atoms with E-state index in [-0.39, 0.29) is 37.6 Å². The van der Waals surface area contributed by atoms with Crippen molar-refractivity contribution in [3.63, 3.8) is 0 Å². The average Bonchev–Trinajstić information content (AvgIpc) is 2.87. The van der Waals surface area contributed by atoms with E-state index < -0.39 is 29.9 Å². The number of benzene rings is 1. The summed E-state index contributed by atoms with van der Waals surface area (Å²) in [6, 6.07) is 2.00. The molecule has 3 N–H and O–H groups in total. The number of amides is 2. The number of nitrogens with zero attached hydrogens (tertiary/aromatic N) is 3. The van der Waals surface area contributed by atoms with E-state index in [0.717, 1.165) is 17.0 Å². The lowest BCUT2D eigenvalue weighted by Crippen LogP contribution is -2.48. The number of halogens is 2. The Bertz CT molecular complexity index is 726. The van der Waals surface area contributed by atoms with Crippen molar-refractivity contribution in [3.05, 3.63) is 23.8 Å². The molecule has 0 unspecified atom stereocenters. The second-order valence-electron chi connectivity index (χ2n) is 5.58. The first-order valence-corrected chi connectivity index (χ1v) is 7.27. The average molecular weight is 356 g/mol. The highest BCUT2D eigenvalue weighted by Gasteiger charge is 2.34. The van der Waals surface area contributed by atoms with Crippen LogP contribution in [0.15, 0.2) is 17.3 Å². The lowest BCUT2D eigenvalue weighted by atomic mass is 10.1. The van der Waals surface area contributed by atoms with Crippen molar-refractivity contribution < 1.29 is 33.4 Å². The van der Waals surface area contributed by atoms with Crippen LogP contribution in [0.4, 0.5) is 29.7 Å². The first-order chi connectivity index (χ1) is 11.9. The van der Waals surface area contributed by atoms with E-state index in [9.17, 15) is 18.4 Å². The minimum Gasteiger partial charge on any atom is -0.465 e. The van der Waals surface area contributed by atoms with E-state index >= 15 is 0 Å². The summed E-state index contributed by atoms with van der Waals surface area (Å²) in [6.07, 6.45) is -2.84. The van der Waals surface area contributed by atoms with E-state index in [2.05, 4.69) is 10.5 Å². The van der Waals surface area contributed by atoms with E-state index in [1.54, 1.807) is 0 Å². The van der Waals surface area contributed by atoms with Crippen LogP contribution in [0.1, 0.15) is 0 Å². The largest absolute Gasteiger partial charge is 0.465 e. The summed E-state index contributed by atoms with van der Waals surface area (Å²) in [5.74, 6) is -1.74. The Labute approximate surface area is 140 Å². The van der Waals surface area contributed by atoms with Crippen molar-refractivity contribution in [3.8, 4) is 0 Å². The smallest absolute Gasteiger partial charge is 0.414 e. The fourth-order valence-electron chi connectivity index (χ4n) is 2.67. The lowest BCUT2D eigenvalue weighted by Gasteiger charge is -2.34. The van der Waals surface area contributed by atoms with Gasteiger partial charge in [0.15, 0.2) is 11.6 Å². The summed E-state index contributed by atoms with van der Waals surface area (Å²) >= 11 is 0.